The summed E-state index contributed by atoms with van der Waals surface area (Å²) in [6.07, 6.45) is 0.600. The lowest BCUT2D eigenvalue weighted by Gasteiger charge is -2.18. The molecule has 154 valence electrons. The monoisotopic (exact) mass is 405 g/mol. The molecule has 7 heteroatoms. The summed E-state index contributed by atoms with van der Waals surface area (Å²) in [5.41, 5.74) is 1.68. The Kier molecular flexibility index (Phi) is 5.52. The van der Waals surface area contributed by atoms with Crippen molar-refractivity contribution in [1.82, 2.24) is 15.1 Å². The molecule has 0 bridgehead atoms. The van der Waals surface area contributed by atoms with Crippen molar-refractivity contribution < 1.29 is 18.8 Å². The van der Waals surface area contributed by atoms with Crippen LogP contribution in [0.5, 0.6) is 0 Å². The maximum atomic E-state index is 12.7. The van der Waals surface area contributed by atoms with Crippen molar-refractivity contribution in [3.8, 4) is 0 Å². The SMILES string of the molecule is CN1CC(=O)N(CCCC(=O)NC(c2ccccc2)c2cc3ccccc3o2)C1=O. The highest BCUT2D eigenvalue weighted by Gasteiger charge is 2.33. The zero-order valence-electron chi connectivity index (χ0n) is 16.7. The molecular formula is C23H23N3O4. The minimum absolute atomic E-state index is 0.0904. The Morgan fingerprint density at radius 1 is 1.10 bits per heavy atom. The van der Waals surface area contributed by atoms with Crippen molar-refractivity contribution in [2.75, 3.05) is 20.1 Å². The molecule has 1 N–H and O–H groups in total. The van der Waals surface area contributed by atoms with E-state index in [9.17, 15) is 14.4 Å². The maximum absolute atomic E-state index is 12.7. The van der Waals surface area contributed by atoms with Gasteiger partial charge in [-0.25, -0.2) is 4.79 Å². The molecule has 30 heavy (non-hydrogen) atoms. The summed E-state index contributed by atoms with van der Waals surface area (Å²) < 4.78 is 5.99. The Morgan fingerprint density at radius 3 is 2.53 bits per heavy atom. The van der Waals surface area contributed by atoms with Gasteiger partial charge >= 0.3 is 6.03 Å². The smallest absolute Gasteiger partial charge is 0.326 e. The molecular weight excluding hydrogens is 382 g/mol. The van der Waals surface area contributed by atoms with Gasteiger partial charge in [-0.3, -0.25) is 14.5 Å². The van der Waals surface area contributed by atoms with E-state index in [0.29, 0.717) is 12.2 Å². The van der Waals surface area contributed by atoms with Gasteiger partial charge in [-0.2, -0.15) is 0 Å². The number of hydrogen-bond donors (Lipinski definition) is 1. The number of imide groups is 1. The molecule has 4 amide bonds. The first-order chi connectivity index (χ1) is 14.5. The summed E-state index contributed by atoms with van der Waals surface area (Å²) >= 11 is 0. The fourth-order valence-corrected chi connectivity index (χ4v) is 3.63. The van der Waals surface area contributed by atoms with Crippen LogP contribution in [0.3, 0.4) is 0 Å². The van der Waals surface area contributed by atoms with Crippen molar-refractivity contribution in [3.05, 3.63) is 72.0 Å². The molecule has 1 aromatic heterocycles. The maximum Gasteiger partial charge on any atom is 0.326 e. The first-order valence-corrected chi connectivity index (χ1v) is 9.91. The van der Waals surface area contributed by atoms with Crippen molar-refractivity contribution in [2.24, 2.45) is 0 Å². The minimum atomic E-state index is -0.424. The number of fused-ring (bicyclic) bond motifs is 1. The van der Waals surface area contributed by atoms with Crippen molar-refractivity contribution in [3.63, 3.8) is 0 Å². The Balaban J connectivity index is 1.45. The molecule has 0 radical (unpaired) electrons. The summed E-state index contributed by atoms with van der Waals surface area (Å²) in [4.78, 5) is 39.0. The average Bonchev–Trinajstić information content (AvgIpc) is 3.28. The number of urea groups is 1. The predicted molar refractivity (Wildman–Crippen MR) is 112 cm³/mol. The zero-order chi connectivity index (χ0) is 21.1. The van der Waals surface area contributed by atoms with E-state index in [1.54, 1.807) is 7.05 Å². The molecule has 7 nitrogen and oxygen atoms in total. The van der Waals surface area contributed by atoms with E-state index in [1.807, 2.05) is 60.7 Å². The lowest BCUT2D eigenvalue weighted by molar-refractivity contribution is -0.126. The van der Waals surface area contributed by atoms with Crippen LogP contribution in [0.2, 0.25) is 0 Å². The average molecular weight is 405 g/mol. The number of carbonyl (C=O) groups is 3. The van der Waals surface area contributed by atoms with E-state index < -0.39 is 6.04 Å². The number of nitrogens with zero attached hydrogens (tertiary/aromatic N) is 2. The fraction of sp³-hybridized carbons (Fsp3) is 0.261. The first kappa shape index (κ1) is 19.7. The second-order valence-electron chi connectivity index (χ2n) is 7.39. The summed E-state index contributed by atoms with van der Waals surface area (Å²) in [5, 5.41) is 4.01. The van der Waals surface area contributed by atoms with Gasteiger partial charge in [0.05, 0.1) is 0 Å². The molecule has 1 aliphatic heterocycles. The number of carbonyl (C=O) groups excluding carboxylic acids is 3. The molecule has 1 fully saturated rings. The van der Waals surface area contributed by atoms with Crippen LogP contribution in [0.4, 0.5) is 4.79 Å². The highest BCUT2D eigenvalue weighted by Crippen LogP contribution is 2.28. The third kappa shape index (κ3) is 4.05. The summed E-state index contributed by atoms with van der Waals surface area (Å²) in [7, 11) is 1.59. The van der Waals surface area contributed by atoms with Crippen LogP contribution in [0, 0.1) is 0 Å². The van der Waals surface area contributed by atoms with Crippen LogP contribution in [-0.2, 0) is 9.59 Å². The number of para-hydroxylation sites is 1. The van der Waals surface area contributed by atoms with Crippen LogP contribution in [-0.4, -0.2) is 47.8 Å². The van der Waals surface area contributed by atoms with Gasteiger partial charge in [-0.1, -0.05) is 48.5 Å². The zero-order valence-corrected chi connectivity index (χ0v) is 16.7. The molecule has 1 atom stereocenters. The highest BCUT2D eigenvalue weighted by molar-refractivity contribution is 6.01. The molecule has 3 aromatic rings. The molecule has 2 heterocycles. The molecule has 0 saturated carbocycles. The van der Waals surface area contributed by atoms with Gasteiger partial charge in [0.2, 0.25) is 11.8 Å². The van der Waals surface area contributed by atoms with Gasteiger partial charge in [0, 0.05) is 25.4 Å². The molecule has 2 aromatic carbocycles. The predicted octanol–water partition coefficient (Wildman–Crippen LogP) is 3.31. The minimum Gasteiger partial charge on any atom is -0.459 e. The van der Waals surface area contributed by atoms with Crippen LogP contribution in [0.1, 0.15) is 30.2 Å². The topological polar surface area (TPSA) is 82.9 Å². The second-order valence-corrected chi connectivity index (χ2v) is 7.39. The number of benzene rings is 2. The van der Waals surface area contributed by atoms with Gasteiger partial charge in [-0.15, -0.1) is 0 Å². The lowest BCUT2D eigenvalue weighted by Crippen LogP contribution is -2.34. The van der Waals surface area contributed by atoms with Gasteiger partial charge in [0.1, 0.15) is 23.9 Å². The van der Waals surface area contributed by atoms with Crippen molar-refractivity contribution in [2.45, 2.75) is 18.9 Å². The third-order valence-electron chi connectivity index (χ3n) is 5.18. The van der Waals surface area contributed by atoms with Gasteiger partial charge < -0.3 is 14.6 Å². The standard InChI is InChI=1S/C23H23N3O4/c1-25-15-21(28)26(23(25)29)13-7-12-20(27)24-22(16-8-3-2-4-9-16)19-14-17-10-5-6-11-18(17)30-19/h2-6,8-11,14,22H,7,12-13,15H2,1H3,(H,24,27). The molecule has 0 aliphatic carbocycles. The van der Waals surface area contributed by atoms with Crippen molar-refractivity contribution >= 4 is 28.8 Å². The molecule has 1 aliphatic rings. The summed E-state index contributed by atoms with van der Waals surface area (Å²) in [6.45, 7) is 0.323. The number of rotatable bonds is 7. The normalized spacial score (nSPS) is 15.1. The molecule has 0 spiro atoms. The molecule has 1 saturated heterocycles. The second kappa shape index (κ2) is 8.41. The number of hydrogen-bond acceptors (Lipinski definition) is 4. The van der Waals surface area contributed by atoms with Crippen LogP contribution < -0.4 is 5.32 Å². The van der Waals surface area contributed by atoms with E-state index in [4.69, 9.17) is 4.42 Å². The van der Waals surface area contributed by atoms with E-state index in [-0.39, 0.29) is 37.4 Å². The van der Waals surface area contributed by atoms with Gasteiger partial charge in [-0.05, 0) is 24.1 Å². The van der Waals surface area contributed by atoms with E-state index in [1.165, 1.54) is 9.80 Å². The van der Waals surface area contributed by atoms with E-state index in [2.05, 4.69) is 5.32 Å². The Morgan fingerprint density at radius 2 is 1.83 bits per heavy atom. The van der Waals surface area contributed by atoms with E-state index >= 15 is 0 Å². The number of furan rings is 1. The van der Waals surface area contributed by atoms with Crippen LogP contribution in [0.25, 0.3) is 11.0 Å². The highest BCUT2D eigenvalue weighted by atomic mass is 16.3. The Hall–Kier alpha value is -3.61. The number of nitrogens with one attached hydrogen (secondary N) is 1. The Labute approximate surface area is 174 Å². The fourth-order valence-electron chi connectivity index (χ4n) is 3.63. The Bertz CT molecular complexity index is 1040. The molecule has 4 rings (SSSR count). The van der Waals surface area contributed by atoms with Gasteiger partial charge in [0.25, 0.3) is 0 Å². The largest absolute Gasteiger partial charge is 0.459 e. The molecule has 1 unspecified atom stereocenters. The third-order valence-corrected chi connectivity index (χ3v) is 5.18. The van der Waals surface area contributed by atoms with Crippen molar-refractivity contribution in [1.29, 1.82) is 0 Å². The van der Waals surface area contributed by atoms with Crippen LogP contribution >= 0.6 is 0 Å². The van der Waals surface area contributed by atoms with Crippen LogP contribution in [0.15, 0.2) is 65.1 Å². The van der Waals surface area contributed by atoms with E-state index in [0.717, 1.165) is 16.5 Å². The summed E-state index contributed by atoms with van der Waals surface area (Å²) in [6, 6.07) is 18.5. The van der Waals surface area contributed by atoms with Gasteiger partial charge in [0.15, 0.2) is 0 Å². The summed E-state index contributed by atoms with van der Waals surface area (Å²) in [5.74, 6) is 0.256. The lowest BCUT2D eigenvalue weighted by atomic mass is 10.0. The number of likely N-dealkylation sites (N-methyl/N-ethyl adjacent to an activating group) is 1. The first-order valence-electron chi connectivity index (χ1n) is 9.91. The number of amides is 4. The quantitative estimate of drug-likeness (QED) is 0.612.